The molecule has 0 radical (unpaired) electrons. The van der Waals surface area contributed by atoms with E-state index in [2.05, 4.69) is 0 Å². The van der Waals surface area contributed by atoms with E-state index in [1.54, 1.807) is 23.9 Å². The molecule has 0 aromatic heterocycles. The molecule has 5 heteroatoms. The summed E-state index contributed by atoms with van der Waals surface area (Å²) in [6, 6.07) is -0.00407. The summed E-state index contributed by atoms with van der Waals surface area (Å²) in [6.45, 7) is 5.12. The maximum absolute atomic E-state index is 11.6. The van der Waals surface area contributed by atoms with Gasteiger partial charge in [0.1, 0.15) is 0 Å². The maximum Gasteiger partial charge on any atom is 0.319 e. The van der Waals surface area contributed by atoms with Crippen LogP contribution in [0, 0.1) is 5.92 Å². The van der Waals surface area contributed by atoms with Gasteiger partial charge in [-0.25, -0.2) is 4.79 Å². The van der Waals surface area contributed by atoms with E-state index in [9.17, 15) is 4.79 Å². The van der Waals surface area contributed by atoms with Gasteiger partial charge in [0, 0.05) is 33.1 Å². The minimum Gasteiger partial charge on any atom is -0.393 e. The number of carbonyl (C=O) groups excluding carboxylic acids is 1. The van der Waals surface area contributed by atoms with Gasteiger partial charge in [0.2, 0.25) is 0 Å². The molecule has 0 rings (SSSR count). The minimum absolute atomic E-state index is 0.00407. The molecule has 0 aliphatic carbocycles. The monoisotopic (exact) mass is 217 g/mol. The van der Waals surface area contributed by atoms with Gasteiger partial charge in [0.05, 0.1) is 4.99 Å². The molecule has 0 heterocycles. The Bertz CT molecular complexity index is 218. The third-order valence-corrected chi connectivity index (χ3v) is 2.42. The molecular weight excluding hydrogens is 198 g/mol. The van der Waals surface area contributed by atoms with Gasteiger partial charge < -0.3 is 15.5 Å². The van der Waals surface area contributed by atoms with Crippen LogP contribution in [0.4, 0.5) is 4.79 Å². The summed E-state index contributed by atoms with van der Waals surface area (Å²) in [5, 5.41) is 0. The first kappa shape index (κ1) is 13.2. The molecule has 4 nitrogen and oxygen atoms in total. The molecular formula is C9H19N3OS. The number of hydrogen-bond acceptors (Lipinski definition) is 2. The summed E-state index contributed by atoms with van der Waals surface area (Å²) in [5.41, 5.74) is 5.50. The van der Waals surface area contributed by atoms with Crippen LogP contribution in [0.25, 0.3) is 0 Å². The molecule has 82 valence electrons. The Morgan fingerprint density at radius 1 is 1.50 bits per heavy atom. The Hall–Kier alpha value is -0.840. The highest BCUT2D eigenvalue weighted by atomic mass is 32.1. The second kappa shape index (κ2) is 5.80. The lowest BCUT2D eigenvalue weighted by Crippen LogP contribution is -2.43. The van der Waals surface area contributed by atoms with Gasteiger partial charge in [-0.2, -0.15) is 0 Å². The lowest BCUT2D eigenvalue weighted by Gasteiger charge is -2.27. The molecule has 0 saturated carbocycles. The number of thiocarbonyl (C=S) groups is 1. The fraction of sp³-hybridized carbons (Fsp3) is 0.778. The first-order valence-corrected chi connectivity index (χ1v) is 5.06. The second-order valence-electron chi connectivity index (χ2n) is 3.52. The van der Waals surface area contributed by atoms with E-state index in [1.165, 1.54) is 0 Å². The van der Waals surface area contributed by atoms with E-state index in [0.717, 1.165) is 0 Å². The van der Waals surface area contributed by atoms with Crippen molar-refractivity contribution in [3.05, 3.63) is 0 Å². The zero-order valence-corrected chi connectivity index (χ0v) is 10.1. The Labute approximate surface area is 91.0 Å². The number of hydrogen-bond donors (Lipinski definition) is 1. The van der Waals surface area contributed by atoms with Gasteiger partial charge in [0.25, 0.3) is 0 Å². The van der Waals surface area contributed by atoms with Crippen LogP contribution in [0.15, 0.2) is 0 Å². The molecule has 1 unspecified atom stereocenters. The van der Waals surface area contributed by atoms with E-state index in [4.69, 9.17) is 18.0 Å². The lowest BCUT2D eigenvalue weighted by molar-refractivity contribution is 0.170. The van der Waals surface area contributed by atoms with E-state index < -0.39 is 0 Å². The van der Waals surface area contributed by atoms with Crippen LogP contribution >= 0.6 is 12.2 Å². The molecule has 0 aliphatic rings. The number of nitrogens with zero attached hydrogens (tertiary/aromatic N) is 2. The number of carbonyl (C=O) groups is 1. The van der Waals surface area contributed by atoms with Crippen LogP contribution < -0.4 is 5.73 Å². The highest BCUT2D eigenvalue weighted by Crippen LogP contribution is 2.02. The van der Waals surface area contributed by atoms with Crippen LogP contribution in [0.1, 0.15) is 13.8 Å². The van der Waals surface area contributed by atoms with Crippen LogP contribution in [-0.2, 0) is 0 Å². The van der Waals surface area contributed by atoms with Gasteiger partial charge >= 0.3 is 6.03 Å². The zero-order chi connectivity index (χ0) is 11.3. The van der Waals surface area contributed by atoms with Crippen LogP contribution in [0.3, 0.4) is 0 Å². The molecule has 0 aromatic carbocycles. The normalized spacial score (nSPS) is 12.0. The lowest BCUT2D eigenvalue weighted by atomic mass is 10.2. The summed E-state index contributed by atoms with van der Waals surface area (Å²) in [5.74, 6) is 0.0637. The number of nitrogens with two attached hydrogens (primary N) is 1. The number of amides is 2. The van der Waals surface area contributed by atoms with Crippen molar-refractivity contribution < 1.29 is 4.79 Å². The molecule has 0 aliphatic heterocycles. The van der Waals surface area contributed by atoms with Crippen molar-refractivity contribution in [1.29, 1.82) is 0 Å². The summed E-state index contributed by atoms with van der Waals surface area (Å²) >= 11 is 4.86. The first-order chi connectivity index (χ1) is 6.40. The topological polar surface area (TPSA) is 49.6 Å². The molecule has 1 atom stereocenters. The first-order valence-electron chi connectivity index (χ1n) is 4.65. The highest BCUT2D eigenvalue weighted by molar-refractivity contribution is 7.80. The largest absolute Gasteiger partial charge is 0.393 e. The van der Waals surface area contributed by atoms with E-state index >= 15 is 0 Å². The van der Waals surface area contributed by atoms with Crippen molar-refractivity contribution in [2.75, 3.05) is 27.2 Å². The van der Waals surface area contributed by atoms with Gasteiger partial charge in [-0.15, -0.1) is 0 Å². The standard InChI is InChI=1S/C9H19N3OS/c1-5-12(9(13)11(3)4)6-7(2)8(10)14/h7H,5-6H2,1-4H3,(H2,10,14). The van der Waals surface area contributed by atoms with Crippen molar-refractivity contribution in [2.45, 2.75) is 13.8 Å². The molecule has 2 amide bonds. The second-order valence-corrected chi connectivity index (χ2v) is 3.99. The highest BCUT2D eigenvalue weighted by Gasteiger charge is 2.17. The number of rotatable bonds is 4. The zero-order valence-electron chi connectivity index (χ0n) is 9.28. The fourth-order valence-electron chi connectivity index (χ4n) is 1.05. The quantitative estimate of drug-likeness (QED) is 0.712. The van der Waals surface area contributed by atoms with Crippen LogP contribution in [0.5, 0.6) is 0 Å². The Morgan fingerprint density at radius 3 is 2.29 bits per heavy atom. The molecule has 0 fully saturated rings. The van der Waals surface area contributed by atoms with Crippen LogP contribution in [-0.4, -0.2) is 48.0 Å². The van der Waals surface area contributed by atoms with Gasteiger partial charge in [-0.1, -0.05) is 19.1 Å². The van der Waals surface area contributed by atoms with Crippen molar-refractivity contribution in [3.63, 3.8) is 0 Å². The summed E-state index contributed by atoms with van der Waals surface area (Å²) in [7, 11) is 3.47. The van der Waals surface area contributed by atoms with Crippen molar-refractivity contribution >= 4 is 23.2 Å². The average Bonchev–Trinajstić information content (AvgIpc) is 2.12. The smallest absolute Gasteiger partial charge is 0.319 e. The summed E-state index contributed by atoms with van der Waals surface area (Å²) in [6.07, 6.45) is 0. The van der Waals surface area contributed by atoms with Crippen molar-refractivity contribution in [1.82, 2.24) is 9.80 Å². The molecule has 14 heavy (non-hydrogen) atoms. The average molecular weight is 217 g/mol. The predicted molar refractivity (Wildman–Crippen MR) is 62.3 cm³/mol. The molecule has 0 spiro atoms. The van der Waals surface area contributed by atoms with Gasteiger partial charge in [-0.3, -0.25) is 0 Å². The fourth-order valence-corrected chi connectivity index (χ4v) is 1.12. The van der Waals surface area contributed by atoms with Crippen molar-refractivity contribution in [3.8, 4) is 0 Å². The minimum atomic E-state index is -0.00407. The Kier molecular flexibility index (Phi) is 5.45. The van der Waals surface area contributed by atoms with E-state index in [0.29, 0.717) is 18.1 Å². The Morgan fingerprint density at radius 2 is 2.00 bits per heavy atom. The van der Waals surface area contributed by atoms with E-state index in [1.807, 2.05) is 13.8 Å². The van der Waals surface area contributed by atoms with Crippen molar-refractivity contribution in [2.24, 2.45) is 11.7 Å². The molecule has 0 saturated heterocycles. The summed E-state index contributed by atoms with van der Waals surface area (Å²) < 4.78 is 0. The predicted octanol–water partition coefficient (Wildman–Crippen LogP) is 0.912. The third-order valence-electron chi connectivity index (χ3n) is 2.01. The van der Waals surface area contributed by atoms with Crippen LogP contribution in [0.2, 0.25) is 0 Å². The molecule has 0 bridgehead atoms. The van der Waals surface area contributed by atoms with Gasteiger partial charge in [0.15, 0.2) is 0 Å². The summed E-state index contributed by atoms with van der Waals surface area (Å²) in [4.78, 5) is 15.3. The SMILES string of the molecule is CCN(CC(C)C(N)=S)C(=O)N(C)C. The molecule has 2 N–H and O–H groups in total. The van der Waals surface area contributed by atoms with E-state index in [-0.39, 0.29) is 11.9 Å². The Balaban J connectivity index is 4.29. The third kappa shape index (κ3) is 3.91. The molecule has 0 aromatic rings. The maximum atomic E-state index is 11.6. The van der Waals surface area contributed by atoms with Gasteiger partial charge in [-0.05, 0) is 6.92 Å². The number of urea groups is 1.